The van der Waals surface area contributed by atoms with Crippen molar-refractivity contribution in [1.82, 2.24) is 4.90 Å². The minimum atomic E-state index is -0.0287. The van der Waals surface area contributed by atoms with Crippen LogP contribution in [0.15, 0.2) is 18.2 Å². The van der Waals surface area contributed by atoms with Gasteiger partial charge in [0.05, 0.1) is 0 Å². The second-order valence-corrected chi connectivity index (χ2v) is 7.21. The van der Waals surface area contributed by atoms with Gasteiger partial charge in [0, 0.05) is 51.1 Å². The summed E-state index contributed by atoms with van der Waals surface area (Å²) in [7, 11) is 5.49. The zero-order valence-corrected chi connectivity index (χ0v) is 16.5. The molecule has 26 heavy (non-hydrogen) atoms. The minimum Gasteiger partial charge on any atom is -0.377 e. The first-order valence-electron chi connectivity index (χ1n) is 9.26. The fourth-order valence-electron chi connectivity index (χ4n) is 2.92. The van der Waals surface area contributed by atoms with E-state index < -0.39 is 0 Å². The Labute approximate surface area is 156 Å². The lowest BCUT2D eigenvalue weighted by Crippen LogP contribution is -2.40. The van der Waals surface area contributed by atoms with Crippen molar-refractivity contribution in [3.63, 3.8) is 0 Å². The third kappa shape index (κ3) is 5.21. The van der Waals surface area contributed by atoms with Crippen LogP contribution in [0.4, 0.5) is 11.4 Å². The number of nitrogens with zero attached hydrogens (tertiary/aromatic N) is 2. The molecule has 1 atom stereocenters. The molecule has 0 saturated heterocycles. The van der Waals surface area contributed by atoms with Crippen LogP contribution >= 0.6 is 0 Å². The minimum absolute atomic E-state index is 0.0287. The first kappa shape index (κ1) is 20.2. The van der Waals surface area contributed by atoms with E-state index in [0.717, 1.165) is 36.2 Å². The molecule has 0 radical (unpaired) electrons. The molecule has 6 heteroatoms. The van der Waals surface area contributed by atoms with Gasteiger partial charge in [-0.3, -0.25) is 9.59 Å². The molecule has 1 fully saturated rings. The lowest BCUT2D eigenvalue weighted by atomic mass is 10.1. The average molecular weight is 361 g/mol. The molecule has 1 saturated carbocycles. The van der Waals surface area contributed by atoms with Crippen LogP contribution in [0, 0.1) is 5.92 Å². The van der Waals surface area contributed by atoms with Crippen LogP contribution in [-0.4, -0.2) is 50.6 Å². The largest absolute Gasteiger partial charge is 0.377 e. The molecule has 0 unspecified atom stereocenters. The van der Waals surface area contributed by atoms with Gasteiger partial charge in [-0.05, 0) is 49.9 Å². The van der Waals surface area contributed by atoms with E-state index in [-0.39, 0.29) is 30.4 Å². The fourth-order valence-corrected chi connectivity index (χ4v) is 2.92. The van der Waals surface area contributed by atoms with Gasteiger partial charge in [-0.25, -0.2) is 0 Å². The smallest absolute Gasteiger partial charge is 0.249 e. The van der Waals surface area contributed by atoms with Gasteiger partial charge in [0.1, 0.15) is 6.61 Å². The Morgan fingerprint density at radius 1 is 1.31 bits per heavy atom. The Kier molecular flexibility index (Phi) is 7.03. The Morgan fingerprint density at radius 2 is 2.00 bits per heavy atom. The highest BCUT2D eigenvalue weighted by molar-refractivity contribution is 5.94. The Morgan fingerprint density at radius 3 is 2.54 bits per heavy atom. The number of hydrogen-bond acceptors (Lipinski definition) is 4. The van der Waals surface area contributed by atoms with E-state index in [2.05, 4.69) is 12.2 Å². The predicted octanol–water partition coefficient (Wildman–Crippen LogP) is 2.87. The molecule has 6 nitrogen and oxygen atoms in total. The Bertz CT molecular complexity index is 641. The van der Waals surface area contributed by atoms with E-state index in [0.29, 0.717) is 6.54 Å². The maximum absolute atomic E-state index is 12.5. The first-order valence-corrected chi connectivity index (χ1v) is 9.26. The van der Waals surface area contributed by atoms with Crippen LogP contribution in [0.25, 0.3) is 0 Å². The quantitative estimate of drug-likeness (QED) is 0.735. The number of nitrogens with one attached hydrogen (secondary N) is 1. The molecule has 0 bridgehead atoms. The molecule has 144 valence electrons. The van der Waals surface area contributed by atoms with Gasteiger partial charge in [-0.2, -0.15) is 0 Å². The van der Waals surface area contributed by atoms with Crippen molar-refractivity contribution in [2.75, 3.05) is 38.0 Å². The van der Waals surface area contributed by atoms with E-state index in [9.17, 15) is 9.59 Å². The predicted molar refractivity (Wildman–Crippen MR) is 104 cm³/mol. The van der Waals surface area contributed by atoms with Crippen LogP contribution < -0.4 is 10.2 Å². The SMILES string of the molecule is CC[C@H](C)N(Cc1cc(NC(=O)C2CC2)ccc1N(C)C)C(=O)COC. The molecule has 0 aliphatic heterocycles. The third-order valence-corrected chi connectivity index (χ3v) is 4.83. The third-order valence-electron chi connectivity index (χ3n) is 4.83. The average Bonchev–Trinajstić information content (AvgIpc) is 3.44. The molecule has 1 aromatic carbocycles. The molecular formula is C20H31N3O3. The van der Waals surface area contributed by atoms with E-state index in [1.807, 2.05) is 49.0 Å². The number of anilines is 2. The highest BCUT2D eigenvalue weighted by Gasteiger charge is 2.29. The standard InChI is InChI=1S/C20H31N3O3/c1-6-14(2)23(19(24)13-26-5)12-16-11-17(9-10-18(16)22(3)4)21-20(25)15-7-8-15/h9-11,14-15H,6-8,12-13H2,1-5H3,(H,21,25)/t14-/m0/s1. The highest BCUT2D eigenvalue weighted by Crippen LogP contribution is 2.31. The van der Waals surface area contributed by atoms with Gasteiger partial charge in [0.2, 0.25) is 11.8 Å². The lowest BCUT2D eigenvalue weighted by molar-refractivity contribution is -0.138. The highest BCUT2D eigenvalue weighted by atomic mass is 16.5. The van der Waals surface area contributed by atoms with Gasteiger partial charge in [-0.15, -0.1) is 0 Å². The van der Waals surface area contributed by atoms with E-state index in [1.165, 1.54) is 7.11 Å². The summed E-state index contributed by atoms with van der Waals surface area (Å²) >= 11 is 0. The summed E-state index contributed by atoms with van der Waals surface area (Å²) < 4.78 is 5.05. The molecule has 0 spiro atoms. The zero-order valence-electron chi connectivity index (χ0n) is 16.5. The Hall–Kier alpha value is -2.08. The summed E-state index contributed by atoms with van der Waals surface area (Å²) in [4.78, 5) is 28.5. The molecular weight excluding hydrogens is 330 g/mol. The van der Waals surface area contributed by atoms with Crippen molar-refractivity contribution in [3.8, 4) is 0 Å². The number of rotatable bonds is 9. The molecule has 0 heterocycles. The number of carbonyl (C=O) groups is 2. The molecule has 2 rings (SSSR count). The van der Waals surface area contributed by atoms with Crippen molar-refractivity contribution in [2.45, 2.75) is 45.7 Å². The van der Waals surface area contributed by atoms with E-state index >= 15 is 0 Å². The fraction of sp³-hybridized carbons (Fsp3) is 0.600. The molecule has 1 aliphatic rings. The zero-order chi connectivity index (χ0) is 19.3. The van der Waals surface area contributed by atoms with Crippen molar-refractivity contribution < 1.29 is 14.3 Å². The Balaban J connectivity index is 2.26. The summed E-state index contributed by atoms with van der Waals surface area (Å²) in [5.41, 5.74) is 2.83. The summed E-state index contributed by atoms with van der Waals surface area (Å²) in [6.45, 7) is 4.66. The van der Waals surface area contributed by atoms with Crippen LogP contribution in [0.3, 0.4) is 0 Å². The number of ether oxygens (including phenoxy) is 1. The first-order chi connectivity index (χ1) is 12.4. The number of methoxy groups -OCH3 is 1. The van der Waals surface area contributed by atoms with Gasteiger partial charge in [0.15, 0.2) is 0 Å². The van der Waals surface area contributed by atoms with Crippen LogP contribution in [0.5, 0.6) is 0 Å². The van der Waals surface area contributed by atoms with Gasteiger partial charge in [0.25, 0.3) is 0 Å². The maximum atomic E-state index is 12.5. The summed E-state index contributed by atoms with van der Waals surface area (Å²) in [6.07, 6.45) is 2.81. The number of hydrogen-bond donors (Lipinski definition) is 1. The van der Waals surface area contributed by atoms with Crippen LogP contribution in [0.1, 0.15) is 38.7 Å². The second-order valence-electron chi connectivity index (χ2n) is 7.21. The van der Waals surface area contributed by atoms with Gasteiger partial charge >= 0.3 is 0 Å². The topological polar surface area (TPSA) is 61.9 Å². The van der Waals surface area contributed by atoms with Gasteiger partial charge < -0.3 is 19.9 Å². The number of carbonyl (C=O) groups excluding carboxylic acids is 2. The van der Waals surface area contributed by atoms with Crippen LogP contribution in [0.2, 0.25) is 0 Å². The normalized spacial score (nSPS) is 14.7. The molecule has 2 amide bonds. The van der Waals surface area contributed by atoms with Crippen LogP contribution in [-0.2, 0) is 20.9 Å². The van der Waals surface area contributed by atoms with E-state index in [4.69, 9.17) is 4.74 Å². The van der Waals surface area contributed by atoms with Crippen molar-refractivity contribution in [1.29, 1.82) is 0 Å². The molecule has 1 N–H and O–H groups in total. The van der Waals surface area contributed by atoms with Crippen molar-refractivity contribution in [2.24, 2.45) is 5.92 Å². The summed E-state index contributed by atoms with van der Waals surface area (Å²) in [6, 6.07) is 6.00. The summed E-state index contributed by atoms with van der Waals surface area (Å²) in [5.74, 6) is 0.216. The second kappa shape index (κ2) is 9.03. The lowest BCUT2D eigenvalue weighted by Gasteiger charge is -2.30. The van der Waals surface area contributed by atoms with E-state index in [1.54, 1.807) is 0 Å². The van der Waals surface area contributed by atoms with Crippen molar-refractivity contribution >= 4 is 23.2 Å². The number of amides is 2. The number of benzene rings is 1. The monoisotopic (exact) mass is 361 g/mol. The molecule has 1 aromatic rings. The van der Waals surface area contributed by atoms with Gasteiger partial charge in [-0.1, -0.05) is 6.92 Å². The summed E-state index contributed by atoms with van der Waals surface area (Å²) in [5, 5.41) is 3.00. The molecule has 1 aliphatic carbocycles. The maximum Gasteiger partial charge on any atom is 0.249 e. The molecule has 0 aromatic heterocycles. The van der Waals surface area contributed by atoms with Crippen molar-refractivity contribution in [3.05, 3.63) is 23.8 Å².